The van der Waals surface area contributed by atoms with E-state index in [1.165, 1.54) is 7.11 Å². The molecule has 7 heteroatoms. The summed E-state index contributed by atoms with van der Waals surface area (Å²) in [5.41, 5.74) is 3.51. The first-order valence-electron chi connectivity index (χ1n) is 9.41. The summed E-state index contributed by atoms with van der Waals surface area (Å²) >= 11 is 0. The number of benzene rings is 2. The van der Waals surface area contributed by atoms with E-state index in [4.69, 9.17) is 9.26 Å². The van der Waals surface area contributed by atoms with Crippen LogP contribution in [0.3, 0.4) is 0 Å². The van der Waals surface area contributed by atoms with Crippen LogP contribution in [0, 0.1) is 0 Å². The van der Waals surface area contributed by atoms with Gasteiger partial charge in [0.15, 0.2) is 11.5 Å². The number of ether oxygens (including phenoxy) is 1. The summed E-state index contributed by atoms with van der Waals surface area (Å²) in [6.07, 6.45) is 1.79. The zero-order valence-corrected chi connectivity index (χ0v) is 16.1. The lowest BCUT2D eigenvalue weighted by atomic mass is 10.0. The number of rotatable bonds is 5. The zero-order chi connectivity index (χ0) is 20.2. The SMILES string of the molecule is COCC(=O)N1CCCc2ccc(NC(=O)c3cc(-c4ccccc4)on3)cc21. The van der Waals surface area contributed by atoms with Crippen LogP contribution in [0.5, 0.6) is 0 Å². The number of anilines is 2. The molecule has 1 N–H and O–H groups in total. The van der Waals surface area contributed by atoms with Crippen molar-refractivity contribution in [3.8, 4) is 11.3 Å². The standard InChI is InChI=1S/C22H21N3O4/c1-28-14-21(26)25-11-5-8-15-9-10-17(12-19(15)25)23-22(27)18-13-20(29-24-18)16-6-3-2-4-7-16/h2-4,6-7,9-10,12-13H,5,8,11,14H2,1H3,(H,23,27). The summed E-state index contributed by atoms with van der Waals surface area (Å²) in [6, 6.07) is 16.7. The van der Waals surface area contributed by atoms with Crippen LogP contribution in [0.4, 0.5) is 11.4 Å². The maximum Gasteiger partial charge on any atom is 0.277 e. The number of hydrogen-bond acceptors (Lipinski definition) is 5. The Bertz CT molecular complexity index is 1030. The minimum absolute atomic E-state index is 0.0250. The number of carbonyl (C=O) groups is 2. The van der Waals surface area contributed by atoms with Gasteiger partial charge in [-0.25, -0.2) is 0 Å². The fraction of sp³-hybridized carbons (Fsp3) is 0.227. The van der Waals surface area contributed by atoms with E-state index in [1.54, 1.807) is 11.0 Å². The molecule has 2 aromatic carbocycles. The maximum atomic E-state index is 12.6. The van der Waals surface area contributed by atoms with Crippen LogP contribution < -0.4 is 10.2 Å². The molecule has 0 saturated carbocycles. The minimum atomic E-state index is -0.374. The van der Waals surface area contributed by atoms with Gasteiger partial charge >= 0.3 is 0 Å². The predicted octanol–water partition coefficient (Wildman–Crippen LogP) is 3.52. The fourth-order valence-corrected chi connectivity index (χ4v) is 3.43. The number of methoxy groups -OCH3 is 1. The Labute approximate surface area is 168 Å². The topological polar surface area (TPSA) is 84.7 Å². The number of amides is 2. The van der Waals surface area contributed by atoms with Crippen LogP contribution >= 0.6 is 0 Å². The highest BCUT2D eigenvalue weighted by molar-refractivity contribution is 6.04. The Balaban J connectivity index is 1.53. The van der Waals surface area contributed by atoms with Crippen LogP contribution in [0.1, 0.15) is 22.5 Å². The van der Waals surface area contributed by atoms with Gasteiger partial charge in [-0.05, 0) is 30.5 Å². The number of nitrogens with zero attached hydrogens (tertiary/aromatic N) is 2. The number of hydrogen-bond donors (Lipinski definition) is 1. The van der Waals surface area contributed by atoms with Gasteiger partial charge in [0.05, 0.1) is 0 Å². The van der Waals surface area contributed by atoms with Gasteiger partial charge in [-0.1, -0.05) is 41.6 Å². The second-order valence-corrected chi connectivity index (χ2v) is 6.82. The summed E-state index contributed by atoms with van der Waals surface area (Å²) in [4.78, 5) is 26.7. The molecule has 0 radical (unpaired) electrons. The third kappa shape index (κ3) is 4.05. The molecule has 1 aromatic heterocycles. The fourth-order valence-electron chi connectivity index (χ4n) is 3.43. The largest absolute Gasteiger partial charge is 0.375 e. The Morgan fingerprint density at radius 2 is 2.00 bits per heavy atom. The van der Waals surface area contributed by atoms with Crippen molar-refractivity contribution >= 4 is 23.2 Å². The first kappa shape index (κ1) is 18.9. The maximum absolute atomic E-state index is 12.6. The third-order valence-corrected chi connectivity index (χ3v) is 4.83. The molecule has 29 heavy (non-hydrogen) atoms. The van der Waals surface area contributed by atoms with Gasteiger partial charge in [-0.15, -0.1) is 0 Å². The van der Waals surface area contributed by atoms with Gasteiger partial charge in [0, 0.05) is 36.7 Å². The summed E-state index contributed by atoms with van der Waals surface area (Å²) in [7, 11) is 1.50. The molecule has 148 valence electrons. The Morgan fingerprint density at radius 1 is 1.17 bits per heavy atom. The molecule has 0 saturated heterocycles. The van der Waals surface area contributed by atoms with Gasteiger partial charge in [-0.2, -0.15) is 0 Å². The molecule has 0 fully saturated rings. The van der Waals surface area contributed by atoms with E-state index >= 15 is 0 Å². The highest BCUT2D eigenvalue weighted by atomic mass is 16.5. The lowest BCUT2D eigenvalue weighted by Crippen LogP contribution is -2.37. The van der Waals surface area contributed by atoms with Crippen LogP contribution in [-0.2, 0) is 16.0 Å². The molecule has 2 heterocycles. The van der Waals surface area contributed by atoms with E-state index in [0.29, 0.717) is 18.0 Å². The molecule has 1 aliphatic heterocycles. The van der Waals surface area contributed by atoms with Crippen LogP contribution in [-0.4, -0.2) is 37.2 Å². The molecular weight excluding hydrogens is 370 g/mol. The highest BCUT2D eigenvalue weighted by Crippen LogP contribution is 2.30. The second kappa shape index (κ2) is 8.28. The van der Waals surface area contributed by atoms with Crippen molar-refractivity contribution in [3.63, 3.8) is 0 Å². The summed E-state index contributed by atoms with van der Waals surface area (Å²) < 4.78 is 10.3. The molecule has 7 nitrogen and oxygen atoms in total. The minimum Gasteiger partial charge on any atom is -0.375 e. The van der Waals surface area contributed by atoms with Crippen LogP contribution in [0.2, 0.25) is 0 Å². The third-order valence-electron chi connectivity index (χ3n) is 4.83. The molecule has 0 bridgehead atoms. The zero-order valence-electron chi connectivity index (χ0n) is 16.1. The quantitative estimate of drug-likeness (QED) is 0.719. The Morgan fingerprint density at radius 3 is 2.79 bits per heavy atom. The number of nitrogens with one attached hydrogen (secondary N) is 1. The smallest absolute Gasteiger partial charge is 0.277 e. The Kier molecular flexibility index (Phi) is 5.39. The van der Waals surface area contributed by atoms with Crippen molar-refractivity contribution in [2.45, 2.75) is 12.8 Å². The molecule has 4 rings (SSSR count). The average Bonchev–Trinajstić information content (AvgIpc) is 3.24. The summed E-state index contributed by atoms with van der Waals surface area (Å²) in [5.74, 6) is 0.0555. The first-order chi connectivity index (χ1) is 14.2. The van der Waals surface area contributed by atoms with E-state index in [1.807, 2.05) is 48.5 Å². The summed E-state index contributed by atoms with van der Waals surface area (Å²) in [5, 5.41) is 6.71. The van der Waals surface area contributed by atoms with E-state index in [9.17, 15) is 9.59 Å². The molecular formula is C22H21N3O4. The average molecular weight is 391 g/mol. The predicted molar refractivity (Wildman–Crippen MR) is 109 cm³/mol. The molecule has 0 aliphatic carbocycles. The molecule has 0 unspecified atom stereocenters. The number of aromatic nitrogens is 1. The monoisotopic (exact) mass is 391 g/mol. The van der Waals surface area contributed by atoms with Gasteiger partial charge < -0.3 is 19.5 Å². The normalized spacial score (nSPS) is 13.1. The van der Waals surface area contributed by atoms with Crippen LogP contribution in [0.25, 0.3) is 11.3 Å². The lowest BCUT2D eigenvalue weighted by Gasteiger charge is -2.29. The van der Waals surface area contributed by atoms with Gasteiger partial charge in [-0.3, -0.25) is 9.59 Å². The number of fused-ring (bicyclic) bond motifs is 1. The molecule has 0 spiro atoms. The lowest BCUT2D eigenvalue weighted by molar-refractivity contribution is -0.122. The Hall–Kier alpha value is -3.45. The molecule has 2 amide bonds. The molecule has 3 aromatic rings. The van der Waals surface area contributed by atoms with E-state index < -0.39 is 0 Å². The first-order valence-corrected chi connectivity index (χ1v) is 9.41. The van der Waals surface area contributed by atoms with Gasteiger partial charge in [0.25, 0.3) is 11.8 Å². The van der Waals surface area contributed by atoms with Crippen molar-refractivity contribution < 1.29 is 18.8 Å². The van der Waals surface area contributed by atoms with Crippen molar-refractivity contribution in [3.05, 3.63) is 65.9 Å². The molecule has 1 aliphatic rings. The van der Waals surface area contributed by atoms with Gasteiger partial charge in [0.1, 0.15) is 6.61 Å². The van der Waals surface area contributed by atoms with Crippen LogP contribution in [0.15, 0.2) is 59.1 Å². The number of carbonyl (C=O) groups excluding carboxylic acids is 2. The highest BCUT2D eigenvalue weighted by Gasteiger charge is 2.23. The van der Waals surface area contributed by atoms with E-state index in [0.717, 1.165) is 29.7 Å². The summed E-state index contributed by atoms with van der Waals surface area (Å²) in [6.45, 7) is 0.660. The van der Waals surface area contributed by atoms with E-state index in [2.05, 4.69) is 10.5 Å². The van der Waals surface area contributed by atoms with Crippen molar-refractivity contribution in [2.24, 2.45) is 0 Å². The van der Waals surface area contributed by atoms with Gasteiger partial charge in [0.2, 0.25) is 0 Å². The van der Waals surface area contributed by atoms with E-state index in [-0.39, 0.29) is 24.1 Å². The van der Waals surface area contributed by atoms with Crippen molar-refractivity contribution in [1.82, 2.24) is 5.16 Å². The molecule has 0 atom stereocenters. The second-order valence-electron chi connectivity index (χ2n) is 6.82. The number of aryl methyl sites for hydroxylation is 1. The van der Waals surface area contributed by atoms with Crippen molar-refractivity contribution in [2.75, 3.05) is 30.5 Å². The van der Waals surface area contributed by atoms with Crippen molar-refractivity contribution in [1.29, 1.82) is 0 Å².